The molecule has 1 aliphatic rings. The molecule has 28 heavy (non-hydrogen) atoms. The highest BCUT2D eigenvalue weighted by molar-refractivity contribution is 5.89. The van der Waals surface area contributed by atoms with Gasteiger partial charge in [-0.2, -0.15) is 0 Å². The predicted molar refractivity (Wildman–Crippen MR) is 106 cm³/mol. The van der Waals surface area contributed by atoms with Crippen LogP contribution in [0.1, 0.15) is 17.5 Å². The third-order valence-electron chi connectivity index (χ3n) is 5.01. The van der Waals surface area contributed by atoms with Crippen LogP contribution in [0.5, 0.6) is 11.5 Å². The van der Waals surface area contributed by atoms with Gasteiger partial charge in [-0.1, -0.05) is 36.4 Å². The molecule has 2 amide bonds. The van der Waals surface area contributed by atoms with Crippen LogP contribution in [0.4, 0.5) is 0 Å². The summed E-state index contributed by atoms with van der Waals surface area (Å²) < 4.78 is 10.6. The first kappa shape index (κ1) is 19.7. The molecule has 0 bridgehead atoms. The lowest BCUT2D eigenvalue weighted by atomic mass is 10.1. The molecule has 6 nitrogen and oxygen atoms in total. The van der Waals surface area contributed by atoms with E-state index in [1.807, 2.05) is 48.5 Å². The Bertz CT molecular complexity index is 823. The zero-order valence-electron chi connectivity index (χ0n) is 16.3. The molecule has 0 radical (unpaired) electrons. The number of nitrogens with one attached hydrogen (secondary N) is 1. The molecular formula is C22H26N2O4. The van der Waals surface area contributed by atoms with Gasteiger partial charge < -0.3 is 19.7 Å². The molecule has 148 valence electrons. The lowest BCUT2D eigenvalue weighted by Gasteiger charge is -2.17. The van der Waals surface area contributed by atoms with Crippen molar-refractivity contribution in [3.05, 3.63) is 59.7 Å². The van der Waals surface area contributed by atoms with Crippen LogP contribution in [0.15, 0.2) is 48.5 Å². The van der Waals surface area contributed by atoms with E-state index in [4.69, 9.17) is 9.47 Å². The molecule has 6 heteroatoms. The van der Waals surface area contributed by atoms with E-state index in [0.717, 1.165) is 11.1 Å². The molecule has 0 spiro atoms. The Labute approximate surface area is 165 Å². The summed E-state index contributed by atoms with van der Waals surface area (Å²) >= 11 is 0. The van der Waals surface area contributed by atoms with E-state index in [1.54, 1.807) is 19.1 Å². The molecular weight excluding hydrogens is 356 g/mol. The second-order valence-corrected chi connectivity index (χ2v) is 6.88. The third kappa shape index (κ3) is 4.82. The lowest BCUT2D eigenvalue weighted by Crippen LogP contribution is -2.33. The third-order valence-corrected chi connectivity index (χ3v) is 5.01. The summed E-state index contributed by atoms with van der Waals surface area (Å²) in [5.74, 6) is 1.03. The van der Waals surface area contributed by atoms with E-state index in [0.29, 0.717) is 37.6 Å². The molecule has 0 unspecified atom stereocenters. The summed E-state index contributed by atoms with van der Waals surface area (Å²) in [5.41, 5.74) is 2.10. The van der Waals surface area contributed by atoms with Gasteiger partial charge in [-0.3, -0.25) is 9.59 Å². The van der Waals surface area contributed by atoms with Crippen molar-refractivity contribution in [2.24, 2.45) is 5.92 Å². The second-order valence-electron chi connectivity index (χ2n) is 6.88. The Morgan fingerprint density at radius 3 is 2.54 bits per heavy atom. The van der Waals surface area contributed by atoms with Crippen LogP contribution in [0, 0.1) is 5.92 Å². The molecule has 1 fully saturated rings. The number of nitrogens with zero attached hydrogens (tertiary/aromatic N) is 1. The van der Waals surface area contributed by atoms with Gasteiger partial charge in [0.25, 0.3) is 0 Å². The van der Waals surface area contributed by atoms with E-state index < -0.39 is 0 Å². The van der Waals surface area contributed by atoms with Crippen LogP contribution < -0.4 is 14.8 Å². The monoisotopic (exact) mass is 382 g/mol. The fourth-order valence-electron chi connectivity index (χ4n) is 3.39. The molecule has 0 saturated carbocycles. The molecule has 1 heterocycles. The van der Waals surface area contributed by atoms with Crippen molar-refractivity contribution in [2.45, 2.75) is 19.4 Å². The molecule has 2 aromatic carbocycles. The van der Waals surface area contributed by atoms with E-state index in [9.17, 15) is 9.59 Å². The summed E-state index contributed by atoms with van der Waals surface area (Å²) in [6, 6.07) is 15.5. The number of hydrogen-bond acceptors (Lipinski definition) is 4. The summed E-state index contributed by atoms with van der Waals surface area (Å²) in [4.78, 5) is 26.5. The minimum absolute atomic E-state index is 0.0281. The van der Waals surface area contributed by atoms with Crippen molar-refractivity contribution in [1.29, 1.82) is 0 Å². The minimum atomic E-state index is -0.290. The first-order valence-electron chi connectivity index (χ1n) is 9.41. The average Bonchev–Trinajstić information content (AvgIpc) is 3.11. The highest BCUT2D eigenvalue weighted by atomic mass is 16.5. The number of carbonyl (C=O) groups is 2. The molecule has 3 rings (SSSR count). The first-order valence-corrected chi connectivity index (χ1v) is 9.41. The highest BCUT2D eigenvalue weighted by Gasteiger charge is 2.33. The summed E-state index contributed by atoms with van der Waals surface area (Å²) in [7, 11) is 3.20. The van der Waals surface area contributed by atoms with Crippen LogP contribution in [0.25, 0.3) is 0 Å². The van der Waals surface area contributed by atoms with Gasteiger partial charge in [0.05, 0.1) is 20.1 Å². The van der Waals surface area contributed by atoms with Crippen molar-refractivity contribution >= 4 is 11.8 Å². The van der Waals surface area contributed by atoms with Gasteiger partial charge in [0.1, 0.15) is 0 Å². The zero-order valence-corrected chi connectivity index (χ0v) is 16.3. The van der Waals surface area contributed by atoms with Crippen molar-refractivity contribution in [3.63, 3.8) is 0 Å². The van der Waals surface area contributed by atoms with Gasteiger partial charge >= 0.3 is 0 Å². The summed E-state index contributed by atoms with van der Waals surface area (Å²) in [6.07, 6.45) is 0.969. The average molecular weight is 382 g/mol. The molecule has 1 saturated heterocycles. The van der Waals surface area contributed by atoms with Crippen molar-refractivity contribution in [1.82, 2.24) is 10.2 Å². The molecule has 1 aliphatic heterocycles. The molecule has 2 aromatic rings. The van der Waals surface area contributed by atoms with E-state index in [-0.39, 0.29) is 24.2 Å². The van der Waals surface area contributed by atoms with Gasteiger partial charge in [0.2, 0.25) is 11.8 Å². The van der Waals surface area contributed by atoms with Crippen LogP contribution in [0.3, 0.4) is 0 Å². The predicted octanol–water partition coefficient (Wildman–Crippen LogP) is 2.41. The van der Waals surface area contributed by atoms with Crippen LogP contribution in [0.2, 0.25) is 0 Å². The Kier molecular flexibility index (Phi) is 6.53. The number of methoxy groups -OCH3 is 2. The minimum Gasteiger partial charge on any atom is -0.493 e. The standard InChI is InChI=1S/C22H26N2O4/c1-27-19-9-8-16(12-20(19)28-2)10-11-24-15-18(13-21(24)25)22(26)23-14-17-6-4-3-5-7-17/h3-9,12,18H,10-11,13-15H2,1-2H3,(H,23,26)/t18-/m1/s1. The van der Waals surface area contributed by atoms with E-state index in [2.05, 4.69) is 5.32 Å². The quantitative estimate of drug-likeness (QED) is 0.761. The fraction of sp³-hybridized carbons (Fsp3) is 0.364. The number of carbonyl (C=O) groups excluding carboxylic acids is 2. The Balaban J connectivity index is 1.51. The number of amides is 2. The number of hydrogen-bond donors (Lipinski definition) is 1. The van der Waals surface area contributed by atoms with Crippen LogP contribution in [-0.4, -0.2) is 44.0 Å². The van der Waals surface area contributed by atoms with Gasteiger partial charge in [-0.15, -0.1) is 0 Å². The van der Waals surface area contributed by atoms with Crippen LogP contribution >= 0.6 is 0 Å². The highest BCUT2D eigenvalue weighted by Crippen LogP contribution is 2.28. The maximum absolute atomic E-state index is 12.4. The number of benzene rings is 2. The maximum Gasteiger partial charge on any atom is 0.225 e. The second kappa shape index (κ2) is 9.26. The van der Waals surface area contributed by atoms with Crippen molar-refractivity contribution in [3.8, 4) is 11.5 Å². The van der Waals surface area contributed by atoms with Gasteiger partial charge in [-0.05, 0) is 29.7 Å². The van der Waals surface area contributed by atoms with Crippen molar-refractivity contribution < 1.29 is 19.1 Å². The number of likely N-dealkylation sites (tertiary alicyclic amines) is 1. The van der Waals surface area contributed by atoms with E-state index in [1.165, 1.54) is 0 Å². The molecule has 1 N–H and O–H groups in total. The fourth-order valence-corrected chi connectivity index (χ4v) is 3.39. The molecule has 0 aliphatic carbocycles. The Morgan fingerprint density at radius 1 is 1.07 bits per heavy atom. The maximum atomic E-state index is 12.4. The first-order chi connectivity index (χ1) is 13.6. The lowest BCUT2D eigenvalue weighted by molar-refractivity contribution is -0.129. The number of rotatable bonds is 8. The van der Waals surface area contributed by atoms with E-state index >= 15 is 0 Å². The SMILES string of the molecule is COc1ccc(CCN2C[C@H](C(=O)NCc3ccccc3)CC2=O)cc1OC. The topological polar surface area (TPSA) is 67.9 Å². The largest absolute Gasteiger partial charge is 0.493 e. The molecule has 1 atom stereocenters. The van der Waals surface area contributed by atoms with Gasteiger partial charge in [-0.25, -0.2) is 0 Å². The zero-order chi connectivity index (χ0) is 19.9. The molecule has 0 aromatic heterocycles. The summed E-state index contributed by atoms with van der Waals surface area (Å²) in [5, 5.41) is 2.94. The Morgan fingerprint density at radius 2 is 1.82 bits per heavy atom. The number of ether oxygens (including phenoxy) is 2. The van der Waals surface area contributed by atoms with Gasteiger partial charge in [0.15, 0.2) is 11.5 Å². The normalized spacial score (nSPS) is 16.1. The van der Waals surface area contributed by atoms with Crippen LogP contribution in [-0.2, 0) is 22.6 Å². The summed E-state index contributed by atoms with van der Waals surface area (Å²) in [6.45, 7) is 1.53. The Hall–Kier alpha value is -3.02. The van der Waals surface area contributed by atoms with Crippen molar-refractivity contribution in [2.75, 3.05) is 27.3 Å². The van der Waals surface area contributed by atoms with Gasteiger partial charge in [0, 0.05) is 26.1 Å². The smallest absolute Gasteiger partial charge is 0.225 e.